The Morgan fingerprint density at radius 3 is 0.936 bits per heavy atom. The number of benzene rings is 4. The van der Waals surface area contributed by atoms with Gasteiger partial charge in [-0.05, 0) is 0 Å². The molecule has 0 N–H and O–H groups in total. The summed E-state index contributed by atoms with van der Waals surface area (Å²) >= 11 is 4.61. The van der Waals surface area contributed by atoms with E-state index in [1.54, 1.807) is 0 Å². The third-order valence-corrected chi connectivity index (χ3v) is 20.2. The van der Waals surface area contributed by atoms with Crippen LogP contribution in [0.4, 0.5) is 0 Å². The third kappa shape index (κ3) is 10.6. The first-order valence-corrected chi connectivity index (χ1v) is 23.4. The van der Waals surface area contributed by atoms with Crippen LogP contribution in [0.1, 0.15) is 134 Å². The van der Waals surface area contributed by atoms with Crippen LogP contribution in [0.15, 0.2) is 115 Å². The molecule has 0 heterocycles. The second kappa shape index (κ2) is 21.0. The fourth-order valence-corrected chi connectivity index (χ4v) is 14.9. The van der Waals surface area contributed by atoms with Crippen LogP contribution >= 0.6 is 20.8 Å². The topological polar surface area (TPSA) is 0 Å². The van der Waals surface area contributed by atoms with Crippen molar-refractivity contribution in [2.45, 2.75) is 135 Å². The van der Waals surface area contributed by atoms with Crippen molar-refractivity contribution in [1.82, 2.24) is 0 Å². The van der Waals surface area contributed by atoms with Crippen LogP contribution in [0.5, 0.6) is 0 Å². The molecule has 0 radical (unpaired) electrons. The minimum absolute atomic E-state index is 1.17. The Balaban J connectivity index is 1.19. The molecule has 4 aromatic carbocycles. The van der Waals surface area contributed by atoms with Crippen molar-refractivity contribution in [3.05, 3.63) is 121 Å². The predicted molar refractivity (Wildman–Crippen MR) is 217 cm³/mol. The zero-order valence-corrected chi connectivity index (χ0v) is 31.9. The van der Waals surface area contributed by atoms with E-state index < -0.39 is 5.31 Å². The average Bonchev–Trinajstić information content (AvgIpc) is 3.13. The van der Waals surface area contributed by atoms with Crippen molar-refractivity contribution in [3.8, 4) is 0 Å². The molecule has 4 aromatic rings. The quantitative estimate of drug-likeness (QED) is 0.0501. The molecular weight excluding hydrogens is 651 g/mol. The van der Waals surface area contributed by atoms with Crippen LogP contribution in [0.25, 0.3) is 0 Å². The van der Waals surface area contributed by atoms with Crippen molar-refractivity contribution in [1.29, 1.82) is 0 Å². The molecule has 0 nitrogen and oxygen atoms in total. The van der Waals surface area contributed by atoms with Crippen molar-refractivity contribution in [3.63, 3.8) is 0 Å². The molecule has 47 heavy (non-hydrogen) atoms. The monoisotopic (exact) mass is 712 g/mol. The van der Waals surface area contributed by atoms with E-state index in [9.17, 15) is 0 Å². The molecule has 0 atom stereocenters. The van der Waals surface area contributed by atoms with Crippen LogP contribution in [0, 0.1) is 0 Å². The zero-order chi connectivity index (χ0) is 32.9. The second-order valence-corrected chi connectivity index (χ2v) is 22.1. The number of hydrogen-bond donors (Lipinski definition) is 0. The maximum atomic E-state index is 4.61. The van der Waals surface area contributed by atoms with Gasteiger partial charge in [-0.15, -0.1) is 0 Å². The summed E-state index contributed by atoms with van der Waals surface area (Å²) in [4.78, 5) is 0. The molecular formula is C45H62BrP. The van der Waals surface area contributed by atoms with Crippen LogP contribution in [-0.4, -0.2) is 0 Å². The molecule has 0 fully saturated rings. The van der Waals surface area contributed by atoms with Crippen molar-refractivity contribution in [2.24, 2.45) is 0 Å². The SMILES string of the molecule is CCCCCCCCCCCCCCCCCCCCCc1ccc(P(Br)(c2ccccc2)(c2ccccc2)c2ccccc2)cc1. The first-order chi connectivity index (χ1) is 23.2. The second-order valence-electron chi connectivity index (χ2n) is 13.8. The third-order valence-electron chi connectivity index (χ3n) is 10.2. The fourth-order valence-electron chi connectivity index (χ4n) is 7.37. The summed E-state index contributed by atoms with van der Waals surface area (Å²) in [6.45, 7) is 2.30. The summed E-state index contributed by atoms with van der Waals surface area (Å²) in [5.74, 6) is 0. The molecule has 254 valence electrons. The van der Waals surface area contributed by atoms with Gasteiger partial charge in [0.1, 0.15) is 0 Å². The Hall–Kier alpha value is -2.21. The van der Waals surface area contributed by atoms with Crippen LogP contribution in [0.2, 0.25) is 0 Å². The van der Waals surface area contributed by atoms with Gasteiger partial charge in [0.05, 0.1) is 0 Å². The maximum absolute atomic E-state index is 4.61. The molecule has 0 aromatic heterocycles. The Kier molecular flexibility index (Phi) is 16.8. The molecule has 0 aliphatic carbocycles. The molecule has 0 spiro atoms. The molecule has 4 rings (SSSR count). The van der Waals surface area contributed by atoms with E-state index in [1.807, 2.05) is 0 Å². The van der Waals surface area contributed by atoms with Crippen LogP contribution < -0.4 is 21.2 Å². The summed E-state index contributed by atoms with van der Waals surface area (Å²) in [6.07, 6.45) is 28.3. The number of hydrogen-bond acceptors (Lipinski definition) is 0. The van der Waals surface area contributed by atoms with Crippen molar-refractivity contribution in [2.75, 3.05) is 0 Å². The zero-order valence-electron chi connectivity index (χ0n) is 29.4. The van der Waals surface area contributed by atoms with Gasteiger partial charge < -0.3 is 0 Å². The van der Waals surface area contributed by atoms with Gasteiger partial charge >= 0.3 is 214 Å². The summed E-state index contributed by atoms with van der Waals surface area (Å²) < 4.78 is 0. The Labute approximate surface area is 296 Å². The molecule has 0 saturated carbocycles. The Bertz CT molecular complexity index is 1250. The van der Waals surface area contributed by atoms with Gasteiger partial charge in [-0.3, -0.25) is 0 Å². The molecule has 0 amide bonds. The molecule has 0 saturated heterocycles. The van der Waals surface area contributed by atoms with Gasteiger partial charge in [0.2, 0.25) is 0 Å². The summed E-state index contributed by atoms with van der Waals surface area (Å²) in [5, 5.41) is 2.25. The molecule has 2 heteroatoms. The Morgan fingerprint density at radius 1 is 0.340 bits per heavy atom. The molecule has 0 aliphatic heterocycles. The molecule has 0 bridgehead atoms. The summed E-state index contributed by atoms with van der Waals surface area (Å²) in [6, 6.07) is 42.9. The van der Waals surface area contributed by atoms with Crippen molar-refractivity contribution < 1.29 is 0 Å². The van der Waals surface area contributed by atoms with Gasteiger partial charge in [-0.1, -0.05) is 84.0 Å². The van der Waals surface area contributed by atoms with Crippen LogP contribution in [0.3, 0.4) is 0 Å². The standard InChI is InChI=1S/C45H62BrP/c1-2-3-4-5-6-7-8-9-10-11-12-13-14-15-16-17-18-19-23-30-41-37-39-45(40-38-41)47(46,42-31-24-20-25-32-42,43-33-26-21-27-34-43)44-35-28-22-29-36-44/h20-22,24-29,31-40H,2-19,23,30H2,1H3. The first-order valence-electron chi connectivity index (χ1n) is 19.2. The average molecular weight is 714 g/mol. The fraction of sp³-hybridized carbons (Fsp3) is 0.467. The number of unbranched alkanes of at least 4 members (excludes halogenated alkanes) is 18. The Morgan fingerprint density at radius 2 is 0.617 bits per heavy atom. The number of halogens is 1. The molecule has 0 aliphatic rings. The van der Waals surface area contributed by atoms with E-state index in [0.29, 0.717) is 0 Å². The van der Waals surface area contributed by atoms with E-state index >= 15 is 0 Å². The van der Waals surface area contributed by atoms with Gasteiger partial charge in [0.25, 0.3) is 0 Å². The van der Waals surface area contributed by atoms with Crippen LogP contribution in [-0.2, 0) is 6.42 Å². The summed E-state index contributed by atoms with van der Waals surface area (Å²) in [7, 11) is 0. The van der Waals surface area contributed by atoms with E-state index in [-0.39, 0.29) is 0 Å². The van der Waals surface area contributed by atoms with Gasteiger partial charge in [0, 0.05) is 0 Å². The summed E-state index contributed by atoms with van der Waals surface area (Å²) in [5.41, 5.74) is 1.45. The number of aryl methyl sites for hydroxylation is 1. The first kappa shape index (κ1) is 37.6. The van der Waals surface area contributed by atoms with E-state index in [0.717, 1.165) is 0 Å². The minimum atomic E-state index is -3.11. The molecule has 0 unspecified atom stereocenters. The van der Waals surface area contributed by atoms with E-state index in [1.165, 1.54) is 155 Å². The van der Waals surface area contributed by atoms with Gasteiger partial charge in [-0.2, -0.15) is 0 Å². The van der Waals surface area contributed by atoms with E-state index in [2.05, 4.69) is 138 Å². The van der Waals surface area contributed by atoms with Crippen molar-refractivity contribution >= 4 is 42.0 Å². The van der Waals surface area contributed by atoms with E-state index in [4.69, 9.17) is 0 Å². The number of rotatable bonds is 24. The normalized spacial score (nSPS) is 12.5. The van der Waals surface area contributed by atoms with Gasteiger partial charge in [-0.25, -0.2) is 0 Å². The van der Waals surface area contributed by atoms with Gasteiger partial charge in [0.15, 0.2) is 0 Å². The predicted octanol–water partition coefficient (Wildman–Crippen LogP) is 13.1.